The number of methoxy groups -OCH3 is 2. The van der Waals surface area contributed by atoms with Gasteiger partial charge in [0.05, 0.1) is 26.5 Å². The van der Waals surface area contributed by atoms with Crippen LogP contribution in [0.4, 0.5) is 4.39 Å². The van der Waals surface area contributed by atoms with Gasteiger partial charge in [0, 0.05) is 18.2 Å². The van der Waals surface area contributed by atoms with Crippen LogP contribution >= 0.6 is 0 Å². The summed E-state index contributed by atoms with van der Waals surface area (Å²) in [4.78, 5) is 24.5. The van der Waals surface area contributed by atoms with Crippen molar-refractivity contribution in [3.05, 3.63) is 70.8 Å². The average Bonchev–Trinajstić information content (AvgIpc) is 2.81. The third kappa shape index (κ3) is 5.63. The smallest absolute Gasteiger partial charge is 0.266 e. The second kappa shape index (κ2) is 10.4. The van der Waals surface area contributed by atoms with E-state index in [0.717, 1.165) is 5.56 Å². The molecule has 2 aromatic carbocycles. The maximum Gasteiger partial charge on any atom is 0.266 e. The summed E-state index contributed by atoms with van der Waals surface area (Å²) >= 11 is 0. The molecule has 3 rings (SSSR count). The minimum Gasteiger partial charge on any atom is -0.493 e. The Morgan fingerprint density at radius 1 is 1.06 bits per heavy atom. The fraction of sp³-hybridized carbons (Fsp3) is 0.261. The topological polar surface area (TPSA) is 91.7 Å². The molecule has 0 spiro atoms. The lowest BCUT2D eigenvalue weighted by atomic mass is 10.1. The second-order valence-corrected chi connectivity index (χ2v) is 6.85. The third-order valence-electron chi connectivity index (χ3n) is 4.66. The van der Waals surface area contributed by atoms with Crippen molar-refractivity contribution >= 4 is 5.91 Å². The number of amides is 1. The van der Waals surface area contributed by atoms with Crippen LogP contribution in [-0.2, 0) is 11.3 Å². The fourth-order valence-electron chi connectivity index (χ4n) is 2.96. The molecule has 1 heterocycles. The maximum atomic E-state index is 13.0. The SMILES string of the molecule is COc1ccc(-c2ccc(=O)n(CCNC(=O)C(C)Oc3ccc(F)cc3)n2)cc1OC. The van der Waals surface area contributed by atoms with E-state index in [0.29, 0.717) is 22.9 Å². The van der Waals surface area contributed by atoms with Gasteiger partial charge in [0.25, 0.3) is 11.5 Å². The average molecular weight is 441 g/mol. The van der Waals surface area contributed by atoms with Crippen LogP contribution in [0.25, 0.3) is 11.3 Å². The van der Waals surface area contributed by atoms with Gasteiger partial charge in [-0.1, -0.05) is 0 Å². The molecule has 32 heavy (non-hydrogen) atoms. The highest BCUT2D eigenvalue weighted by Crippen LogP contribution is 2.31. The number of benzene rings is 2. The molecule has 0 radical (unpaired) electrons. The van der Waals surface area contributed by atoms with Crippen LogP contribution in [0, 0.1) is 5.82 Å². The number of carbonyl (C=O) groups is 1. The van der Waals surface area contributed by atoms with E-state index in [1.807, 2.05) is 6.07 Å². The minimum absolute atomic E-state index is 0.176. The van der Waals surface area contributed by atoms with Gasteiger partial charge < -0.3 is 19.5 Å². The summed E-state index contributed by atoms with van der Waals surface area (Å²) in [6.07, 6.45) is -0.789. The Kier molecular flexibility index (Phi) is 7.43. The zero-order valence-corrected chi connectivity index (χ0v) is 18.0. The number of hydrogen-bond donors (Lipinski definition) is 1. The van der Waals surface area contributed by atoms with E-state index in [4.69, 9.17) is 14.2 Å². The predicted molar refractivity (Wildman–Crippen MR) is 117 cm³/mol. The van der Waals surface area contributed by atoms with Crippen molar-refractivity contribution in [2.45, 2.75) is 19.6 Å². The Bertz CT molecular complexity index is 1130. The number of ether oxygens (including phenoxy) is 3. The molecule has 0 aliphatic rings. The lowest BCUT2D eigenvalue weighted by Gasteiger charge is -2.15. The van der Waals surface area contributed by atoms with Gasteiger partial charge in [-0.2, -0.15) is 5.10 Å². The molecule has 0 saturated heterocycles. The molecule has 0 aliphatic carbocycles. The highest BCUT2D eigenvalue weighted by molar-refractivity contribution is 5.80. The van der Waals surface area contributed by atoms with Crippen molar-refractivity contribution in [1.82, 2.24) is 15.1 Å². The standard InChI is InChI=1S/C23H24FN3O5/c1-15(32-18-7-5-17(24)6-8-18)23(29)25-12-13-27-22(28)11-9-19(26-27)16-4-10-20(30-2)21(14-16)31-3/h4-11,14-15H,12-13H2,1-3H3,(H,25,29). The minimum atomic E-state index is -0.789. The molecule has 1 unspecified atom stereocenters. The lowest BCUT2D eigenvalue weighted by molar-refractivity contribution is -0.127. The first kappa shape index (κ1) is 22.8. The van der Waals surface area contributed by atoms with E-state index in [1.165, 1.54) is 35.0 Å². The quantitative estimate of drug-likeness (QED) is 0.549. The Morgan fingerprint density at radius 3 is 2.47 bits per heavy atom. The maximum absolute atomic E-state index is 13.0. The van der Waals surface area contributed by atoms with E-state index in [9.17, 15) is 14.0 Å². The number of hydrogen-bond acceptors (Lipinski definition) is 6. The van der Waals surface area contributed by atoms with E-state index >= 15 is 0 Å². The van der Waals surface area contributed by atoms with Crippen molar-refractivity contribution in [2.24, 2.45) is 0 Å². The number of halogens is 1. The summed E-state index contributed by atoms with van der Waals surface area (Å²) in [5, 5.41) is 7.09. The predicted octanol–water partition coefficient (Wildman–Crippen LogP) is 2.65. The van der Waals surface area contributed by atoms with Crippen molar-refractivity contribution in [1.29, 1.82) is 0 Å². The molecule has 8 nitrogen and oxygen atoms in total. The lowest BCUT2D eigenvalue weighted by Crippen LogP contribution is -2.39. The van der Waals surface area contributed by atoms with Crippen LogP contribution in [0.3, 0.4) is 0 Å². The van der Waals surface area contributed by atoms with E-state index in [1.54, 1.807) is 39.3 Å². The van der Waals surface area contributed by atoms with Gasteiger partial charge in [0.15, 0.2) is 17.6 Å². The van der Waals surface area contributed by atoms with E-state index in [-0.39, 0.29) is 30.4 Å². The molecule has 0 fully saturated rings. The summed E-state index contributed by atoms with van der Waals surface area (Å²) in [5.41, 5.74) is 1.03. The first-order valence-corrected chi connectivity index (χ1v) is 9.91. The Hall–Kier alpha value is -3.88. The van der Waals surface area contributed by atoms with Crippen molar-refractivity contribution in [2.75, 3.05) is 20.8 Å². The highest BCUT2D eigenvalue weighted by Gasteiger charge is 2.14. The molecular formula is C23H24FN3O5. The van der Waals surface area contributed by atoms with Gasteiger partial charge in [0.2, 0.25) is 0 Å². The van der Waals surface area contributed by atoms with Crippen LogP contribution in [0.5, 0.6) is 17.2 Å². The first-order valence-electron chi connectivity index (χ1n) is 9.91. The highest BCUT2D eigenvalue weighted by atomic mass is 19.1. The van der Waals surface area contributed by atoms with E-state index < -0.39 is 6.10 Å². The van der Waals surface area contributed by atoms with Gasteiger partial charge in [0.1, 0.15) is 11.6 Å². The van der Waals surface area contributed by atoms with Crippen molar-refractivity contribution < 1.29 is 23.4 Å². The Morgan fingerprint density at radius 2 is 1.78 bits per heavy atom. The molecule has 1 atom stereocenters. The summed E-state index contributed by atoms with van der Waals surface area (Å²) in [6.45, 7) is 1.94. The molecule has 0 aliphatic heterocycles. The van der Waals surface area contributed by atoms with Gasteiger partial charge in [-0.3, -0.25) is 9.59 Å². The molecule has 168 valence electrons. The van der Waals surface area contributed by atoms with Crippen LogP contribution in [-0.4, -0.2) is 42.6 Å². The number of aromatic nitrogens is 2. The third-order valence-corrected chi connectivity index (χ3v) is 4.66. The van der Waals surface area contributed by atoms with Crippen LogP contribution in [0.2, 0.25) is 0 Å². The molecule has 1 aromatic heterocycles. The Balaban J connectivity index is 1.62. The van der Waals surface area contributed by atoms with E-state index in [2.05, 4.69) is 10.4 Å². The Labute approximate surface area is 184 Å². The number of rotatable bonds is 9. The molecule has 1 N–H and O–H groups in total. The van der Waals surface area contributed by atoms with Crippen LogP contribution < -0.4 is 25.1 Å². The molecule has 0 saturated carbocycles. The van der Waals surface area contributed by atoms with Crippen LogP contribution in [0.1, 0.15) is 6.92 Å². The zero-order valence-electron chi connectivity index (χ0n) is 18.0. The van der Waals surface area contributed by atoms with Crippen molar-refractivity contribution in [3.8, 4) is 28.5 Å². The number of nitrogens with zero attached hydrogens (tertiary/aromatic N) is 2. The zero-order chi connectivity index (χ0) is 23.1. The molecule has 1 amide bonds. The summed E-state index contributed by atoms with van der Waals surface area (Å²) in [6, 6.07) is 13.8. The molecule has 3 aromatic rings. The summed E-state index contributed by atoms with van der Waals surface area (Å²) in [7, 11) is 3.09. The van der Waals surface area contributed by atoms with Crippen molar-refractivity contribution in [3.63, 3.8) is 0 Å². The number of nitrogens with one attached hydrogen (secondary N) is 1. The molecule has 0 bridgehead atoms. The fourth-order valence-corrected chi connectivity index (χ4v) is 2.96. The summed E-state index contributed by atoms with van der Waals surface area (Å²) in [5.74, 6) is 0.770. The first-order chi connectivity index (χ1) is 15.4. The number of carbonyl (C=O) groups excluding carboxylic acids is 1. The van der Waals surface area contributed by atoms with Gasteiger partial charge in [-0.15, -0.1) is 0 Å². The van der Waals surface area contributed by atoms with Gasteiger partial charge in [-0.25, -0.2) is 9.07 Å². The van der Waals surface area contributed by atoms with Crippen LogP contribution in [0.15, 0.2) is 59.4 Å². The normalized spacial score (nSPS) is 11.5. The monoisotopic (exact) mass is 441 g/mol. The molecule has 9 heteroatoms. The second-order valence-electron chi connectivity index (χ2n) is 6.85. The largest absolute Gasteiger partial charge is 0.493 e. The summed E-state index contributed by atoms with van der Waals surface area (Å²) < 4.78 is 30.3. The van der Waals surface area contributed by atoms with Gasteiger partial charge >= 0.3 is 0 Å². The van der Waals surface area contributed by atoms with Gasteiger partial charge in [-0.05, 0) is 55.5 Å². The molecular weight excluding hydrogens is 417 g/mol.